The van der Waals surface area contributed by atoms with Gasteiger partial charge >= 0.3 is 0 Å². The number of halogens is 1. The first kappa shape index (κ1) is 17.1. The highest BCUT2D eigenvalue weighted by Gasteiger charge is 2.44. The van der Waals surface area contributed by atoms with Crippen LogP contribution in [0.25, 0.3) is 22.3 Å². The van der Waals surface area contributed by atoms with Crippen LogP contribution in [0.15, 0.2) is 30.5 Å². The molecule has 2 saturated carbocycles. The number of rotatable bonds is 6. The molecule has 0 unspecified atom stereocenters. The van der Waals surface area contributed by atoms with Gasteiger partial charge in [0.25, 0.3) is 0 Å². The molecule has 2 aliphatic rings. The van der Waals surface area contributed by atoms with Crippen LogP contribution in [0, 0.1) is 11.8 Å². The molecule has 0 atom stereocenters. The number of ether oxygens (including phenoxy) is 1. The van der Waals surface area contributed by atoms with Crippen LogP contribution in [0.5, 0.6) is 5.75 Å². The van der Waals surface area contributed by atoms with Crippen LogP contribution >= 0.6 is 11.6 Å². The van der Waals surface area contributed by atoms with E-state index in [0.29, 0.717) is 11.1 Å². The second kappa shape index (κ2) is 6.52. The molecule has 2 fully saturated rings. The second-order valence-electron chi connectivity index (χ2n) is 7.79. The Morgan fingerprint density at radius 3 is 2.52 bits per heavy atom. The van der Waals surface area contributed by atoms with Crippen molar-refractivity contribution < 1.29 is 4.74 Å². The largest absolute Gasteiger partial charge is 0.497 e. The third-order valence-electron chi connectivity index (χ3n) is 5.94. The smallest absolute Gasteiger partial charge is 0.120 e. The number of nitrogens with zero attached hydrogens (tertiary/aromatic N) is 3. The van der Waals surface area contributed by atoms with Crippen molar-refractivity contribution in [2.24, 2.45) is 11.8 Å². The first-order valence-corrected chi connectivity index (χ1v) is 10.3. The second-order valence-corrected chi connectivity index (χ2v) is 8.20. The quantitative estimate of drug-likeness (QED) is 0.551. The zero-order valence-electron chi connectivity index (χ0n) is 15.8. The Hall–Kier alpha value is -2.07. The van der Waals surface area contributed by atoms with E-state index in [9.17, 15) is 0 Å². The summed E-state index contributed by atoms with van der Waals surface area (Å²) < 4.78 is 7.82. The maximum absolute atomic E-state index is 6.55. The molecule has 2 heterocycles. The summed E-state index contributed by atoms with van der Waals surface area (Å²) in [6.07, 6.45) is 8.24. The Morgan fingerprint density at radius 2 is 1.93 bits per heavy atom. The Kier molecular flexibility index (Phi) is 4.12. The van der Waals surface area contributed by atoms with Crippen molar-refractivity contribution in [3.8, 4) is 17.0 Å². The molecule has 140 valence electrons. The molecule has 0 spiro atoms. The zero-order valence-corrected chi connectivity index (χ0v) is 16.5. The highest BCUT2D eigenvalue weighted by Crippen LogP contribution is 2.53. The van der Waals surface area contributed by atoms with Gasteiger partial charge in [0, 0.05) is 24.2 Å². The molecule has 1 aromatic carbocycles. The molecule has 0 radical (unpaired) electrons. The summed E-state index contributed by atoms with van der Waals surface area (Å²) in [5.74, 6) is 3.56. The Labute approximate surface area is 164 Å². The number of pyridine rings is 1. The van der Waals surface area contributed by atoms with Crippen LogP contribution in [0.2, 0.25) is 5.02 Å². The van der Waals surface area contributed by atoms with Gasteiger partial charge in [0.05, 0.1) is 23.3 Å². The third kappa shape index (κ3) is 2.91. The van der Waals surface area contributed by atoms with Crippen molar-refractivity contribution in [3.05, 3.63) is 41.3 Å². The van der Waals surface area contributed by atoms with Crippen LogP contribution in [0.3, 0.4) is 0 Å². The van der Waals surface area contributed by atoms with E-state index in [1.807, 2.05) is 24.4 Å². The van der Waals surface area contributed by atoms with Crippen LogP contribution in [-0.2, 0) is 6.42 Å². The summed E-state index contributed by atoms with van der Waals surface area (Å²) in [5, 5.41) is 0.642. The van der Waals surface area contributed by atoms with Gasteiger partial charge in [-0.25, -0.2) is 4.98 Å². The molecule has 5 heteroatoms. The summed E-state index contributed by atoms with van der Waals surface area (Å²) in [5.41, 5.74) is 3.93. The van der Waals surface area contributed by atoms with Crippen LogP contribution in [0.1, 0.15) is 44.5 Å². The van der Waals surface area contributed by atoms with Crippen LogP contribution in [0.4, 0.5) is 0 Å². The molecule has 5 rings (SSSR count). The number of aromatic nitrogens is 3. The maximum Gasteiger partial charge on any atom is 0.120 e. The standard InChI is InChI=1S/C22H24ClN3O/c1-3-19-25-21-18(26(19)22(13-4-5-13)14-6-7-14)10-11-24-20(21)16-9-8-15(27-2)12-17(16)23/h8-14,22H,3-7H2,1-2H3. The minimum Gasteiger partial charge on any atom is -0.497 e. The number of fused-ring (bicyclic) bond motifs is 1. The predicted octanol–water partition coefficient (Wildman–Crippen LogP) is 5.68. The van der Waals surface area contributed by atoms with Crippen molar-refractivity contribution in [1.29, 1.82) is 0 Å². The minimum atomic E-state index is 0.603. The number of hydrogen-bond donors (Lipinski definition) is 0. The number of aryl methyl sites for hydroxylation is 1. The van der Waals surface area contributed by atoms with Gasteiger partial charge in [-0.2, -0.15) is 0 Å². The number of hydrogen-bond acceptors (Lipinski definition) is 3. The summed E-state index contributed by atoms with van der Waals surface area (Å²) in [4.78, 5) is 9.70. The van der Waals surface area contributed by atoms with Gasteiger partial charge in [0.1, 0.15) is 17.1 Å². The van der Waals surface area contributed by atoms with E-state index in [2.05, 4.69) is 22.5 Å². The Balaban J connectivity index is 1.70. The van der Waals surface area contributed by atoms with Crippen LogP contribution < -0.4 is 4.74 Å². The van der Waals surface area contributed by atoms with Gasteiger partial charge in [0.2, 0.25) is 0 Å². The van der Waals surface area contributed by atoms with Crippen molar-refractivity contribution in [1.82, 2.24) is 14.5 Å². The molecule has 0 saturated heterocycles. The Bertz CT molecular complexity index is 992. The van der Waals surface area contributed by atoms with E-state index in [-0.39, 0.29) is 0 Å². The topological polar surface area (TPSA) is 39.9 Å². The summed E-state index contributed by atoms with van der Waals surface area (Å²) in [6, 6.07) is 8.47. The fourth-order valence-corrected chi connectivity index (χ4v) is 4.61. The number of methoxy groups -OCH3 is 1. The number of benzene rings is 1. The lowest BCUT2D eigenvalue weighted by Crippen LogP contribution is -2.16. The molecule has 3 aromatic rings. The average molecular weight is 382 g/mol. The van der Waals surface area contributed by atoms with Gasteiger partial charge < -0.3 is 9.30 Å². The monoisotopic (exact) mass is 381 g/mol. The molecule has 2 aromatic heterocycles. The van der Waals surface area contributed by atoms with E-state index in [4.69, 9.17) is 21.3 Å². The molecule has 2 aliphatic carbocycles. The van der Waals surface area contributed by atoms with Crippen molar-refractivity contribution in [3.63, 3.8) is 0 Å². The minimum absolute atomic E-state index is 0.603. The SMILES string of the molecule is CCc1nc2c(-c3ccc(OC)cc3Cl)nccc2n1C(C1CC1)C1CC1. The molecule has 4 nitrogen and oxygen atoms in total. The number of imidazole rings is 1. The van der Waals surface area contributed by atoms with E-state index < -0.39 is 0 Å². The summed E-state index contributed by atoms with van der Waals surface area (Å²) >= 11 is 6.55. The predicted molar refractivity (Wildman–Crippen MR) is 108 cm³/mol. The normalized spacial score (nSPS) is 17.0. The van der Waals surface area contributed by atoms with Crippen molar-refractivity contribution >= 4 is 22.6 Å². The van der Waals surface area contributed by atoms with Gasteiger partial charge in [-0.1, -0.05) is 18.5 Å². The molecule has 27 heavy (non-hydrogen) atoms. The van der Waals surface area contributed by atoms with E-state index >= 15 is 0 Å². The fraction of sp³-hybridized carbons (Fsp3) is 0.455. The Morgan fingerprint density at radius 1 is 1.19 bits per heavy atom. The van der Waals surface area contributed by atoms with E-state index in [1.54, 1.807) is 7.11 Å². The fourth-order valence-electron chi connectivity index (χ4n) is 4.35. The average Bonchev–Trinajstić information content (AvgIpc) is 3.60. The molecule has 0 bridgehead atoms. The van der Waals surface area contributed by atoms with E-state index in [1.165, 1.54) is 37.0 Å². The molecule has 0 amide bonds. The highest BCUT2D eigenvalue weighted by atomic mass is 35.5. The molecule has 0 N–H and O–H groups in total. The summed E-state index contributed by atoms with van der Waals surface area (Å²) in [7, 11) is 1.65. The highest BCUT2D eigenvalue weighted by molar-refractivity contribution is 6.33. The van der Waals surface area contributed by atoms with Crippen molar-refractivity contribution in [2.45, 2.75) is 45.1 Å². The molecule has 0 aliphatic heterocycles. The van der Waals surface area contributed by atoms with Gasteiger partial charge in [-0.3, -0.25) is 4.98 Å². The third-order valence-corrected chi connectivity index (χ3v) is 6.25. The lowest BCUT2D eigenvalue weighted by Gasteiger charge is -2.21. The zero-order chi connectivity index (χ0) is 18.5. The van der Waals surface area contributed by atoms with Gasteiger partial charge in [-0.15, -0.1) is 0 Å². The lowest BCUT2D eigenvalue weighted by atomic mass is 10.1. The van der Waals surface area contributed by atoms with Gasteiger partial charge in [-0.05, 0) is 61.8 Å². The van der Waals surface area contributed by atoms with Gasteiger partial charge in [0.15, 0.2) is 0 Å². The van der Waals surface area contributed by atoms with E-state index in [0.717, 1.165) is 40.8 Å². The van der Waals surface area contributed by atoms with Crippen molar-refractivity contribution in [2.75, 3.05) is 7.11 Å². The molecular weight excluding hydrogens is 358 g/mol. The maximum atomic E-state index is 6.55. The first-order valence-electron chi connectivity index (χ1n) is 9.91. The molecular formula is C22H24ClN3O. The first-order chi connectivity index (χ1) is 13.2. The summed E-state index contributed by atoms with van der Waals surface area (Å²) in [6.45, 7) is 2.20. The lowest BCUT2D eigenvalue weighted by molar-refractivity contribution is 0.393. The van der Waals surface area contributed by atoms with Crippen LogP contribution in [-0.4, -0.2) is 21.6 Å².